The number of carbonyl (C=O) groups excluding carboxylic acids is 1. The normalized spacial score (nSPS) is 11.9. The molecule has 176 valence electrons. The summed E-state index contributed by atoms with van der Waals surface area (Å²) in [6.45, 7) is -0.935. The quantitative estimate of drug-likeness (QED) is 0.127. The van der Waals surface area contributed by atoms with E-state index in [0.29, 0.717) is 16.9 Å². The van der Waals surface area contributed by atoms with Crippen LogP contribution in [-0.2, 0) is 31.2 Å². The Morgan fingerprint density at radius 1 is 1.16 bits per heavy atom. The fourth-order valence-electron chi connectivity index (χ4n) is 2.22. The number of nitrogens with zero attached hydrogens (tertiary/aromatic N) is 3. The zero-order valence-corrected chi connectivity index (χ0v) is 26.0. The molecule has 1 aromatic rings. The molecule has 0 aliphatic carbocycles. The molecule has 0 spiro atoms. The summed E-state index contributed by atoms with van der Waals surface area (Å²) in [4.78, 5) is 31.7. The van der Waals surface area contributed by atoms with Gasteiger partial charge in [0, 0.05) is 30.1 Å². The largest absolute Gasteiger partial charge is 1.00 e. The average Bonchev–Trinajstić information content (AvgIpc) is 2.53. The third-order valence-corrected chi connectivity index (χ3v) is 6.35. The van der Waals surface area contributed by atoms with E-state index in [9.17, 15) is 26.2 Å². The van der Waals surface area contributed by atoms with Crippen molar-refractivity contribution in [2.24, 2.45) is 0 Å². The third-order valence-electron chi connectivity index (χ3n) is 3.31. The van der Waals surface area contributed by atoms with Crippen molar-refractivity contribution in [3.63, 3.8) is 0 Å². The Morgan fingerprint density at radius 2 is 1.69 bits per heavy atom. The van der Waals surface area contributed by atoms with Crippen molar-refractivity contribution in [1.29, 1.82) is 0 Å². The number of hydrazine groups is 1. The minimum Gasteiger partial charge on any atom is -1.00 e. The predicted molar refractivity (Wildman–Crippen MR) is 112 cm³/mol. The van der Waals surface area contributed by atoms with E-state index in [-0.39, 0.29) is 88.6 Å². The summed E-state index contributed by atoms with van der Waals surface area (Å²) < 4.78 is 64.4. The van der Waals surface area contributed by atoms with Crippen LogP contribution in [0.1, 0.15) is 8.42 Å². The van der Waals surface area contributed by atoms with E-state index in [0.717, 1.165) is 18.0 Å². The molecular formula is C13H22Cl2N3Na2O9PS2. The number of phosphoric ester groups is 1. The van der Waals surface area contributed by atoms with E-state index in [1.54, 1.807) is 0 Å². The van der Waals surface area contributed by atoms with E-state index in [1.165, 1.54) is 12.1 Å². The van der Waals surface area contributed by atoms with Crippen LogP contribution in [0, 0.1) is 0 Å². The Bertz CT molecular complexity index is 1070. The van der Waals surface area contributed by atoms with Crippen LogP contribution in [0.15, 0.2) is 18.2 Å². The number of benzene rings is 1. The van der Waals surface area contributed by atoms with Gasteiger partial charge in [-0.05, 0) is 18.2 Å². The van der Waals surface area contributed by atoms with E-state index < -0.39 is 47.0 Å². The van der Waals surface area contributed by atoms with Crippen LogP contribution in [0.4, 0.5) is 4.79 Å². The van der Waals surface area contributed by atoms with Crippen LogP contribution in [-0.4, -0.2) is 78.4 Å². The molecule has 12 nitrogen and oxygen atoms in total. The molecule has 0 aliphatic heterocycles. The van der Waals surface area contributed by atoms with Gasteiger partial charge < -0.3 is 12.3 Å². The molecule has 0 bridgehead atoms. The van der Waals surface area contributed by atoms with Crippen molar-refractivity contribution in [1.82, 2.24) is 13.7 Å². The van der Waals surface area contributed by atoms with Gasteiger partial charge >= 0.3 is 73.0 Å². The van der Waals surface area contributed by atoms with Crippen molar-refractivity contribution in [3.05, 3.63) is 28.8 Å². The molecule has 0 aromatic heterocycles. The van der Waals surface area contributed by atoms with E-state index in [2.05, 4.69) is 4.52 Å². The first-order chi connectivity index (χ1) is 13.5. The molecule has 0 saturated heterocycles. The fraction of sp³-hybridized carbons (Fsp3) is 0.462. The van der Waals surface area contributed by atoms with Crippen LogP contribution in [0.5, 0.6) is 5.75 Å². The summed E-state index contributed by atoms with van der Waals surface area (Å²) in [7, 11) is -12.4. The first kappa shape index (κ1) is 35.0. The molecule has 2 amide bonds. The number of carbonyl (C=O) groups is 1. The maximum atomic E-state index is 12.8. The van der Waals surface area contributed by atoms with Gasteiger partial charge in [-0.3, -0.25) is 9.79 Å². The zero-order chi connectivity index (χ0) is 23.5. The minimum absolute atomic E-state index is 0. The van der Waals surface area contributed by atoms with E-state index >= 15 is 0 Å². The van der Waals surface area contributed by atoms with Crippen molar-refractivity contribution < 1.29 is 102 Å². The van der Waals surface area contributed by atoms with Crippen LogP contribution < -0.4 is 63.6 Å². The summed E-state index contributed by atoms with van der Waals surface area (Å²) in [5.74, 6) is -0.607. The van der Waals surface area contributed by atoms with Crippen LogP contribution >= 0.6 is 31.0 Å². The molecule has 0 radical (unpaired) electrons. The molecule has 1 aromatic carbocycles. The number of urea groups is 1. The smallest absolute Gasteiger partial charge is 1.00 e. The first-order valence-electron chi connectivity index (χ1n) is 7.80. The molecule has 0 atom stereocenters. The maximum Gasteiger partial charge on any atom is 1.00 e. The van der Waals surface area contributed by atoms with E-state index in [1.807, 2.05) is 0 Å². The van der Waals surface area contributed by atoms with Crippen molar-refractivity contribution in [2.45, 2.75) is 6.54 Å². The summed E-state index contributed by atoms with van der Waals surface area (Å²) in [5.41, 5.74) is 0.0263. The number of hydrogen-bond acceptors (Lipinski definition) is 7. The summed E-state index contributed by atoms with van der Waals surface area (Å²) in [6.07, 6.45) is 1.33. The summed E-state index contributed by atoms with van der Waals surface area (Å²) in [5, 5.41) is 0.142. The minimum atomic E-state index is -4.94. The van der Waals surface area contributed by atoms with Gasteiger partial charge in [0.1, 0.15) is 5.75 Å². The molecular weight excluding hydrogens is 554 g/mol. The van der Waals surface area contributed by atoms with Gasteiger partial charge in [-0.15, -0.1) is 16.0 Å². The van der Waals surface area contributed by atoms with Gasteiger partial charge in [0.25, 0.3) is 10.0 Å². The molecule has 0 saturated carbocycles. The number of amides is 2. The molecule has 32 heavy (non-hydrogen) atoms. The molecule has 0 heterocycles. The Balaban J connectivity index is -0.00000112. The molecule has 1 rings (SSSR count). The van der Waals surface area contributed by atoms with Gasteiger partial charge in [0.15, 0.2) is 0 Å². The average molecular weight is 576 g/mol. The zero-order valence-electron chi connectivity index (χ0n) is 20.0. The van der Waals surface area contributed by atoms with Gasteiger partial charge in [-0.2, -0.15) is 0 Å². The van der Waals surface area contributed by atoms with Crippen LogP contribution in [0.2, 0.25) is 5.02 Å². The molecule has 19 heteroatoms. The second-order valence-electron chi connectivity index (χ2n) is 5.98. The van der Waals surface area contributed by atoms with Crippen molar-refractivity contribution in [3.8, 4) is 5.75 Å². The Hall–Kier alpha value is 0.880. The second-order valence-corrected chi connectivity index (χ2v) is 11.7. The van der Waals surface area contributed by atoms with Gasteiger partial charge in [0.2, 0.25) is 10.0 Å². The van der Waals surface area contributed by atoms with Gasteiger partial charge in [0.05, 0.1) is 19.1 Å². The Kier molecular flexibility index (Phi) is 15.1. The number of sulfonamides is 2. The Morgan fingerprint density at radius 3 is 2.09 bits per heavy atom. The molecule has 0 unspecified atom stereocenters. The van der Waals surface area contributed by atoms with Gasteiger partial charge in [-0.1, -0.05) is 16.0 Å². The number of rotatable bonds is 9. The second kappa shape index (κ2) is 13.8. The first-order valence-corrected chi connectivity index (χ1v) is 13.9. The van der Waals surface area contributed by atoms with Gasteiger partial charge in [-0.25, -0.2) is 26.2 Å². The molecule has 0 fully saturated rings. The van der Waals surface area contributed by atoms with Crippen molar-refractivity contribution >= 4 is 57.1 Å². The Labute approximate surface area is 244 Å². The van der Waals surface area contributed by atoms with Crippen LogP contribution in [0.3, 0.4) is 0 Å². The topological polar surface area (TPSA) is 162 Å². The number of hydrogen-bond donors (Lipinski definition) is 2. The molecule has 2 N–H and O–H groups in total. The standard InChI is InChI=1S/C13H20Cl2N3O9PS2.2Na.2H/c1-16(9-10-8-11(15)4-5-12(10)27-28(20,21)22)13(19)18(30(3,25)26)17(7-6-14)29(2,23)24;;;;/h4-5,8H,6-7,9H2,1-3H3,(H2,20,21,22);;;;/q;2*+1;2*-1. The predicted octanol–water partition coefficient (Wildman–Crippen LogP) is -4.73. The maximum absolute atomic E-state index is 12.8. The van der Waals surface area contributed by atoms with Crippen molar-refractivity contribution in [2.75, 3.05) is 32.0 Å². The van der Waals surface area contributed by atoms with Crippen LogP contribution in [0.25, 0.3) is 0 Å². The summed E-state index contributed by atoms with van der Waals surface area (Å²) in [6, 6.07) is 2.41. The van der Waals surface area contributed by atoms with E-state index in [4.69, 9.17) is 33.0 Å². The SMILES string of the molecule is CN(Cc1cc(Cl)ccc1OP(=O)(O)O)C(=O)N(N(CCCl)S(C)(=O)=O)S(C)(=O)=O.[H-].[H-].[Na+].[Na+]. The number of phosphoric acid groups is 1. The fourth-order valence-corrected chi connectivity index (χ4v) is 5.44. The summed E-state index contributed by atoms with van der Waals surface area (Å²) >= 11 is 11.4. The number of alkyl halides is 1. The molecule has 0 aliphatic rings. The number of halogens is 2. The third kappa shape index (κ3) is 11.1. The monoisotopic (exact) mass is 575 g/mol.